The van der Waals surface area contributed by atoms with E-state index in [4.69, 9.17) is 11.3 Å². The average molecular weight is 738 g/mol. The van der Waals surface area contributed by atoms with Gasteiger partial charge in [0.25, 0.3) is 0 Å². The molecule has 0 radical (unpaired) electrons. The van der Waals surface area contributed by atoms with Gasteiger partial charge in [0.05, 0.1) is 17.9 Å². The predicted molar refractivity (Wildman–Crippen MR) is 239 cm³/mol. The van der Waals surface area contributed by atoms with Gasteiger partial charge in [-0.3, -0.25) is 0 Å². The van der Waals surface area contributed by atoms with Crippen LogP contribution in [0.15, 0.2) is 198 Å². The molecule has 0 fully saturated rings. The van der Waals surface area contributed by atoms with Crippen LogP contribution in [0.2, 0.25) is 0 Å². The molecule has 0 saturated carbocycles. The number of thiophene rings is 1. The molecule has 0 aliphatic carbocycles. The maximum Gasteiger partial charge on any atom is 0.135 e. The lowest BCUT2D eigenvalue weighted by Crippen LogP contribution is -2.09. The Kier molecular flexibility index (Phi) is 5.79. The second-order valence-electron chi connectivity index (χ2n) is 14.2. The fraction of sp³-hybridized carbons (Fsp3) is 0. The Balaban J connectivity index is 1.02. The fourth-order valence-corrected chi connectivity index (χ4v) is 9.62. The summed E-state index contributed by atoms with van der Waals surface area (Å²) in [5.41, 5.74) is 8.34. The molecule has 12 rings (SSSR count). The summed E-state index contributed by atoms with van der Waals surface area (Å²) in [6.07, 6.45) is 0. The number of furan rings is 1. The van der Waals surface area contributed by atoms with Gasteiger partial charge in [-0.05, 0) is 119 Å². The Morgan fingerprint density at radius 1 is 0.464 bits per heavy atom. The number of hydrogen-bond acceptors (Lipinski definition) is 3. The van der Waals surface area contributed by atoms with E-state index in [9.17, 15) is 0 Å². The van der Waals surface area contributed by atoms with E-state index in [2.05, 4.69) is 102 Å². The summed E-state index contributed by atoms with van der Waals surface area (Å²) in [5, 5.41) is 9.08. The standard InChI is InChI=1S/C52H32N2OS/c1-3-11-36(12-4-1)53(39-25-26-49-44(31-39)41-16-8-10-18-48(41)55-49)38-23-19-33(20-24-38)34-21-27-50-45(29-34)52-42-32-47-43(30-35(42)22-28-51(52)56-50)40-15-7-9-17-46(40)54(47)37-13-5-2-6-14-37/h1-32H/i1D,3D,4D,11D,12D. The number of rotatable bonds is 5. The Morgan fingerprint density at radius 3 is 2.07 bits per heavy atom. The normalized spacial score (nSPS) is 13.2. The van der Waals surface area contributed by atoms with E-state index >= 15 is 0 Å². The highest BCUT2D eigenvalue weighted by Crippen LogP contribution is 2.44. The van der Waals surface area contributed by atoms with Crippen LogP contribution in [0.25, 0.3) is 91.5 Å². The van der Waals surface area contributed by atoms with E-state index in [0.717, 1.165) is 33.2 Å². The van der Waals surface area contributed by atoms with E-state index in [-0.39, 0.29) is 17.8 Å². The highest BCUT2D eigenvalue weighted by molar-refractivity contribution is 7.26. The molecule has 0 unspecified atom stereocenters. The molecule has 0 saturated heterocycles. The maximum absolute atomic E-state index is 8.99. The third kappa shape index (κ3) is 4.76. The molecule has 56 heavy (non-hydrogen) atoms. The van der Waals surface area contributed by atoms with Gasteiger partial charge in [-0.25, -0.2) is 0 Å². The maximum atomic E-state index is 8.99. The van der Waals surface area contributed by atoms with Crippen LogP contribution in [0.4, 0.5) is 17.1 Å². The van der Waals surface area contributed by atoms with Crippen LogP contribution >= 0.6 is 11.3 Å². The molecule has 0 spiro atoms. The Morgan fingerprint density at radius 2 is 1.20 bits per heavy atom. The van der Waals surface area contributed by atoms with Crippen molar-refractivity contribution in [2.75, 3.05) is 4.90 Å². The molecule has 0 amide bonds. The summed E-state index contributed by atoms with van der Waals surface area (Å²) in [6, 6.07) is 54.7. The van der Waals surface area contributed by atoms with Crippen LogP contribution in [-0.4, -0.2) is 4.57 Å². The van der Waals surface area contributed by atoms with Gasteiger partial charge in [0.2, 0.25) is 0 Å². The van der Waals surface area contributed by atoms with E-state index in [0.29, 0.717) is 17.0 Å². The van der Waals surface area contributed by atoms with Crippen molar-refractivity contribution in [3.8, 4) is 16.8 Å². The van der Waals surface area contributed by atoms with Crippen molar-refractivity contribution >= 4 is 103 Å². The van der Waals surface area contributed by atoms with Crippen molar-refractivity contribution in [3.63, 3.8) is 0 Å². The first-order valence-corrected chi connectivity index (χ1v) is 19.4. The van der Waals surface area contributed by atoms with E-state index in [1.54, 1.807) is 16.2 Å². The molecule has 3 aromatic heterocycles. The van der Waals surface area contributed by atoms with Gasteiger partial charge >= 0.3 is 0 Å². The van der Waals surface area contributed by atoms with Crippen LogP contribution < -0.4 is 4.90 Å². The zero-order valence-electron chi connectivity index (χ0n) is 34.8. The highest BCUT2D eigenvalue weighted by atomic mass is 32.1. The molecule has 3 heterocycles. The molecule has 9 aromatic carbocycles. The van der Waals surface area contributed by atoms with E-state index in [1.807, 2.05) is 66.7 Å². The smallest absolute Gasteiger partial charge is 0.135 e. The lowest BCUT2D eigenvalue weighted by atomic mass is 9.98. The van der Waals surface area contributed by atoms with Gasteiger partial charge in [0.1, 0.15) is 11.2 Å². The lowest BCUT2D eigenvalue weighted by molar-refractivity contribution is 0.669. The third-order valence-electron chi connectivity index (χ3n) is 11.0. The minimum absolute atomic E-state index is 0.0735. The van der Waals surface area contributed by atoms with Crippen LogP contribution in [0.5, 0.6) is 0 Å². The number of fused-ring (bicyclic) bond motifs is 11. The van der Waals surface area contributed by atoms with Crippen molar-refractivity contribution in [1.82, 2.24) is 4.57 Å². The Hall–Kier alpha value is -7.14. The highest BCUT2D eigenvalue weighted by Gasteiger charge is 2.18. The second-order valence-corrected chi connectivity index (χ2v) is 15.2. The zero-order valence-corrected chi connectivity index (χ0v) is 30.6. The molecule has 262 valence electrons. The summed E-state index contributed by atoms with van der Waals surface area (Å²) < 4.78 is 54.3. The fourth-order valence-electron chi connectivity index (χ4n) is 8.52. The molecular formula is C52H32N2OS. The molecule has 0 aliphatic heterocycles. The van der Waals surface area contributed by atoms with Crippen LogP contribution in [-0.2, 0) is 0 Å². The number of anilines is 3. The molecule has 0 bridgehead atoms. The largest absolute Gasteiger partial charge is 0.456 e. The van der Waals surface area contributed by atoms with Crippen molar-refractivity contribution in [2.24, 2.45) is 0 Å². The molecule has 4 heteroatoms. The van der Waals surface area contributed by atoms with Crippen molar-refractivity contribution in [2.45, 2.75) is 0 Å². The molecular weight excluding hydrogens is 701 g/mol. The summed E-state index contributed by atoms with van der Waals surface area (Å²) in [7, 11) is 0. The minimum atomic E-state index is -0.433. The first-order valence-electron chi connectivity index (χ1n) is 21.1. The van der Waals surface area contributed by atoms with Crippen molar-refractivity contribution < 1.29 is 11.3 Å². The topological polar surface area (TPSA) is 21.3 Å². The first kappa shape index (κ1) is 26.6. The number of hydrogen-bond donors (Lipinski definition) is 0. The van der Waals surface area contributed by atoms with Crippen LogP contribution in [0.3, 0.4) is 0 Å². The first-order chi connectivity index (χ1) is 29.8. The third-order valence-corrected chi connectivity index (χ3v) is 12.2. The molecule has 0 N–H and O–H groups in total. The minimum Gasteiger partial charge on any atom is -0.456 e. The van der Waals surface area contributed by atoms with Crippen molar-refractivity contribution in [3.05, 3.63) is 194 Å². The van der Waals surface area contributed by atoms with E-state index in [1.165, 1.54) is 52.8 Å². The van der Waals surface area contributed by atoms with Gasteiger partial charge < -0.3 is 13.9 Å². The zero-order chi connectivity index (χ0) is 41.1. The lowest BCUT2D eigenvalue weighted by Gasteiger charge is -2.25. The number of aromatic nitrogens is 1. The average Bonchev–Trinajstić information content (AvgIpc) is 3.97. The van der Waals surface area contributed by atoms with Gasteiger partial charge in [0.15, 0.2) is 0 Å². The summed E-state index contributed by atoms with van der Waals surface area (Å²) in [6.45, 7) is 0. The summed E-state index contributed by atoms with van der Waals surface area (Å²) >= 11 is 1.80. The van der Waals surface area contributed by atoms with Crippen molar-refractivity contribution in [1.29, 1.82) is 0 Å². The summed E-state index contributed by atoms with van der Waals surface area (Å²) in [5.74, 6) is 0. The Bertz CT molecular complexity index is 3750. The number of benzene rings is 9. The van der Waals surface area contributed by atoms with Crippen LogP contribution in [0.1, 0.15) is 6.85 Å². The molecule has 0 aliphatic rings. The number of para-hydroxylation sites is 4. The molecule has 3 nitrogen and oxygen atoms in total. The molecule has 0 atom stereocenters. The van der Waals surface area contributed by atoms with Gasteiger partial charge in [-0.15, -0.1) is 11.3 Å². The number of nitrogens with zero attached hydrogens (tertiary/aromatic N) is 2. The SMILES string of the molecule is [2H]c1c([2H])c([2H])c(N(c2ccc(-c3ccc4sc5ccc6cc7c8ccccc8n(-c8ccccc8)c7cc6c5c4c3)cc2)c2ccc3oc4ccccc4c3c2)c([2H])c1[2H]. The molecule has 12 aromatic rings. The van der Waals surface area contributed by atoms with Gasteiger partial charge in [0, 0.05) is 64.5 Å². The van der Waals surface area contributed by atoms with Gasteiger partial charge in [-0.1, -0.05) is 97.0 Å². The summed E-state index contributed by atoms with van der Waals surface area (Å²) in [4.78, 5) is 1.75. The van der Waals surface area contributed by atoms with Gasteiger partial charge in [-0.2, -0.15) is 0 Å². The monoisotopic (exact) mass is 737 g/mol. The Labute approximate surface area is 333 Å². The van der Waals surface area contributed by atoms with Crippen LogP contribution in [0, 0.1) is 0 Å². The second kappa shape index (κ2) is 12.2. The van der Waals surface area contributed by atoms with E-state index < -0.39 is 18.1 Å². The quantitative estimate of drug-likeness (QED) is 0.175. The predicted octanol–water partition coefficient (Wildman–Crippen LogP) is 15.3.